The predicted molar refractivity (Wildman–Crippen MR) is 93.8 cm³/mol. The Labute approximate surface area is 145 Å². The summed E-state index contributed by atoms with van der Waals surface area (Å²) in [5.41, 5.74) is 0.986. The smallest absolute Gasteiger partial charge is 0.251 e. The largest absolute Gasteiger partial charge is 0.468 e. The molecule has 1 aromatic carbocycles. The first kappa shape index (κ1) is 16.6. The number of amides is 1. The fourth-order valence-corrected chi connectivity index (χ4v) is 3.73. The second kappa shape index (κ2) is 8.04. The molecule has 3 rings (SSSR count). The number of benzene rings is 1. The molecule has 5 nitrogen and oxygen atoms in total. The van der Waals surface area contributed by atoms with E-state index in [1.807, 2.05) is 23.9 Å². The van der Waals surface area contributed by atoms with Crippen LogP contribution < -0.4 is 5.32 Å². The Hall–Kier alpha value is -2.23. The van der Waals surface area contributed by atoms with E-state index in [1.54, 1.807) is 30.5 Å². The summed E-state index contributed by atoms with van der Waals surface area (Å²) in [7, 11) is 0. The SMILES string of the molecule is N#Cc1cccc(C(=O)NCC(c2ccco2)N2CCSCC2)c1. The Morgan fingerprint density at radius 3 is 2.88 bits per heavy atom. The molecule has 1 aromatic heterocycles. The number of nitrogens with one attached hydrogen (secondary N) is 1. The van der Waals surface area contributed by atoms with E-state index in [4.69, 9.17) is 9.68 Å². The van der Waals surface area contributed by atoms with Crippen LogP contribution >= 0.6 is 11.8 Å². The maximum atomic E-state index is 12.4. The van der Waals surface area contributed by atoms with Crippen molar-refractivity contribution in [1.29, 1.82) is 5.26 Å². The van der Waals surface area contributed by atoms with Crippen molar-refractivity contribution >= 4 is 17.7 Å². The molecule has 1 N–H and O–H groups in total. The summed E-state index contributed by atoms with van der Waals surface area (Å²) in [6.45, 7) is 2.44. The fraction of sp³-hybridized carbons (Fsp3) is 0.333. The minimum absolute atomic E-state index is 0.0315. The highest BCUT2D eigenvalue weighted by atomic mass is 32.2. The van der Waals surface area contributed by atoms with E-state index in [0.717, 1.165) is 30.4 Å². The van der Waals surface area contributed by atoms with E-state index in [-0.39, 0.29) is 11.9 Å². The molecule has 0 radical (unpaired) electrons. The van der Waals surface area contributed by atoms with Crippen molar-refractivity contribution in [2.75, 3.05) is 31.1 Å². The van der Waals surface area contributed by atoms with Gasteiger partial charge in [-0.1, -0.05) is 6.07 Å². The molecule has 0 spiro atoms. The van der Waals surface area contributed by atoms with Crippen LogP contribution in [-0.4, -0.2) is 41.9 Å². The van der Waals surface area contributed by atoms with Crippen molar-refractivity contribution in [2.45, 2.75) is 6.04 Å². The number of nitrogens with zero attached hydrogens (tertiary/aromatic N) is 2. The van der Waals surface area contributed by atoms with E-state index in [0.29, 0.717) is 17.7 Å². The summed E-state index contributed by atoms with van der Waals surface area (Å²) in [5.74, 6) is 2.88. The number of carbonyl (C=O) groups excluding carboxylic acids is 1. The van der Waals surface area contributed by atoms with Gasteiger partial charge in [0.15, 0.2) is 0 Å². The molecule has 1 amide bonds. The highest BCUT2D eigenvalue weighted by Crippen LogP contribution is 2.24. The zero-order chi connectivity index (χ0) is 16.8. The fourth-order valence-electron chi connectivity index (χ4n) is 2.80. The standard InChI is InChI=1S/C18H19N3O2S/c19-12-14-3-1-4-15(11-14)18(22)20-13-16(17-5-2-8-23-17)21-6-9-24-10-7-21/h1-5,8,11,16H,6-7,9-10,13H2,(H,20,22). The molecule has 0 aliphatic carbocycles. The van der Waals surface area contributed by atoms with Crippen LogP contribution in [0.15, 0.2) is 47.1 Å². The van der Waals surface area contributed by atoms with E-state index >= 15 is 0 Å². The lowest BCUT2D eigenvalue weighted by Crippen LogP contribution is -2.41. The van der Waals surface area contributed by atoms with Crippen molar-refractivity contribution in [3.63, 3.8) is 0 Å². The topological polar surface area (TPSA) is 69.3 Å². The monoisotopic (exact) mass is 341 g/mol. The van der Waals surface area contributed by atoms with Gasteiger partial charge in [0.25, 0.3) is 5.91 Å². The summed E-state index contributed by atoms with van der Waals surface area (Å²) in [5, 5.41) is 11.9. The molecule has 6 heteroatoms. The van der Waals surface area contributed by atoms with Gasteiger partial charge in [-0.2, -0.15) is 17.0 Å². The minimum Gasteiger partial charge on any atom is -0.468 e. The number of nitriles is 1. The zero-order valence-corrected chi connectivity index (χ0v) is 14.1. The van der Waals surface area contributed by atoms with Gasteiger partial charge in [-0.25, -0.2) is 0 Å². The Bertz CT molecular complexity index is 718. The third-order valence-corrected chi connectivity index (χ3v) is 5.01. The van der Waals surface area contributed by atoms with Gasteiger partial charge in [-0.05, 0) is 30.3 Å². The van der Waals surface area contributed by atoms with Crippen molar-refractivity contribution in [1.82, 2.24) is 10.2 Å². The molecular weight excluding hydrogens is 322 g/mol. The normalized spacial score (nSPS) is 16.3. The molecule has 0 bridgehead atoms. The lowest BCUT2D eigenvalue weighted by Gasteiger charge is -2.33. The van der Waals surface area contributed by atoms with E-state index in [2.05, 4.69) is 16.3 Å². The van der Waals surface area contributed by atoms with Crippen LogP contribution in [0.5, 0.6) is 0 Å². The van der Waals surface area contributed by atoms with E-state index in [1.165, 1.54) is 0 Å². The molecule has 1 aliphatic heterocycles. The van der Waals surface area contributed by atoms with Gasteiger partial charge in [0.1, 0.15) is 5.76 Å². The van der Waals surface area contributed by atoms with Gasteiger partial charge in [0.05, 0.1) is 23.9 Å². The third-order valence-electron chi connectivity index (χ3n) is 4.07. The average molecular weight is 341 g/mol. The second-order valence-electron chi connectivity index (χ2n) is 5.58. The van der Waals surface area contributed by atoms with Crippen molar-refractivity contribution in [2.24, 2.45) is 0 Å². The van der Waals surface area contributed by atoms with Crippen molar-refractivity contribution < 1.29 is 9.21 Å². The quantitative estimate of drug-likeness (QED) is 0.905. The summed E-state index contributed by atoms with van der Waals surface area (Å²) in [6.07, 6.45) is 1.67. The molecule has 1 saturated heterocycles. The van der Waals surface area contributed by atoms with Gasteiger partial charge < -0.3 is 9.73 Å². The molecule has 24 heavy (non-hydrogen) atoms. The predicted octanol–water partition coefficient (Wildman–Crippen LogP) is 2.67. The van der Waals surface area contributed by atoms with Gasteiger partial charge >= 0.3 is 0 Å². The maximum absolute atomic E-state index is 12.4. The Morgan fingerprint density at radius 1 is 1.33 bits per heavy atom. The summed E-state index contributed by atoms with van der Waals surface area (Å²) >= 11 is 1.95. The lowest BCUT2D eigenvalue weighted by molar-refractivity contribution is 0.0929. The summed E-state index contributed by atoms with van der Waals surface area (Å²) < 4.78 is 5.58. The molecule has 1 aliphatic rings. The van der Waals surface area contributed by atoms with Crippen molar-refractivity contribution in [3.8, 4) is 6.07 Å². The van der Waals surface area contributed by atoms with E-state index < -0.39 is 0 Å². The molecule has 1 fully saturated rings. The first-order chi connectivity index (χ1) is 11.8. The second-order valence-corrected chi connectivity index (χ2v) is 6.81. The number of carbonyl (C=O) groups is 1. The van der Waals surface area contributed by atoms with Gasteiger partial charge in [-0.15, -0.1) is 0 Å². The highest BCUT2D eigenvalue weighted by molar-refractivity contribution is 7.99. The van der Waals surface area contributed by atoms with Crippen LogP contribution in [0, 0.1) is 11.3 Å². The van der Waals surface area contributed by atoms with Crippen LogP contribution in [0.2, 0.25) is 0 Å². The third kappa shape index (κ3) is 3.99. The first-order valence-electron chi connectivity index (χ1n) is 7.91. The molecule has 0 saturated carbocycles. The first-order valence-corrected chi connectivity index (χ1v) is 9.07. The Morgan fingerprint density at radius 2 is 2.17 bits per heavy atom. The van der Waals surface area contributed by atoms with Gasteiger partial charge in [0, 0.05) is 36.7 Å². The number of hydrogen-bond donors (Lipinski definition) is 1. The average Bonchev–Trinajstić information content (AvgIpc) is 3.17. The maximum Gasteiger partial charge on any atom is 0.251 e. The summed E-state index contributed by atoms with van der Waals surface area (Å²) in [6, 6.07) is 12.6. The molecule has 2 aromatic rings. The van der Waals surface area contributed by atoms with Crippen LogP contribution in [-0.2, 0) is 0 Å². The highest BCUT2D eigenvalue weighted by Gasteiger charge is 2.25. The van der Waals surface area contributed by atoms with E-state index in [9.17, 15) is 4.79 Å². The number of furan rings is 1. The number of hydrogen-bond acceptors (Lipinski definition) is 5. The Kier molecular flexibility index (Phi) is 5.57. The van der Waals surface area contributed by atoms with Crippen LogP contribution in [0.25, 0.3) is 0 Å². The molecule has 124 valence electrons. The lowest BCUT2D eigenvalue weighted by atomic mass is 10.1. The summed E-state index contributed by atoms with van der Waals surface area (Å²) in [4.78, 5) is 14.7. The number of rotatable bonds is 5. The van der Waals surface area contributed by atoms with Crippen LogP contribution in [0.4, 0.5) is 0 Å². The van der Waals surface area contributed by atoms with Crippen molar-refractivity contribution in [3.05, 3.63) is 59.5 Å². The molecule has 1 atom stereocenters. The molecule has 1 unspecified atom stereocenters. The number of thioether (sulfide) groups is 1. The Balaban J connectivity index is 1.68. The van der Waals surface area contributed by atoms with Gasteiger partial charge in [0.2, 0.25) is 0 Å². The molecule has 2 heterocycles. The zero-order valence-electron chi connectivity index (χ0n) is 13.3. The minimum atomic E-state index is -0.171. The van der Waals surface area contributed by atoms with Crippen LogP contribution in [0.1, 0.15) is 27.7 Å². The van der Waals surface area contributed by atoms with Crippen LogP contribution in [0.3, 0.4) is 0 Å². The molecular formula is C18H19N3O2S. The van der Waals surface area contributed by atoms with Gasteiger partial charge in [-0.3, -0.25) is 9.69 Å².